The summed E-state index contributed by atoms with van der Waals surface area (Å²) in [4.78, 5) is 29.1. The lowest BCUT2D eigenvalue weighted by Gasteiger charge is -2.10. The first kappa shape index (κ1) is 13.2. The van der Waals surface area contributed by atoms with Gasteiger partial charge in [0.25, 0.3) is 5.91 Å². The number of carbonyl (C=O) groups is 1. The zero-order chi connectivity index (χ0) is 14.8. The van der Waals surface area contributed by atoms with Crippen LogP contribution in [0.5, 0.6) is 0 Å². The highest BCUT2D eigenvalue weighted by Crippen LogP contribution is 2.19. The van der Waals surface area contributed by atoms with Crippen LogP contribution in [0.3, 0.4) is 0 Å². The summed E-state index contributed by atoms with van der Waals surface area (Å²) >= 11 is 0. The van der Waals surface area contributed by atoms with Crippen molar-refractivity contribution in [2.24, 2.45) is 0 Å². The number of aromatic nitrogens is 2. The van der Waals surface area contributed by atoms with Crippen molar-refractivity contribution in [2.45, 2.75) is 13.3 Å². The molecule has 0 fully saturated rings. The van der Waals surface area contributed by atoms with Crippen molar-refractivity contribution in [3.63, 3.8) is 0 Å². The first-order chi connectivity index (χ1) is 10.2. The lowest BCUT2D eigenvalue weighted by Crippen LogP contribution is -2.14. The molecule has 0 spiro atoms. The highest BCUT2D eigenvalue weighted by Gasteiger charge is 2.13. The Morgan fingerprint density at radius 2 is 1.90 bits per heavy atom. The van der Waals surface area contributed by atoms with Crippen LogP contribution in [-0.4, -0.2) is 15.9 Å². The Morgan fingerprint density at radius 3 is 2.71 bits per heavy atom. The van der Waals surface area contributed by atoms with Crippen molar-refractivity contribution in [3.8, 4) is 0 Å². The van der Waals surface area contributed by atoms with E-state index in [0.29, 0.717) is 16.6 Å². The molecule has 0 atom stereocenters. The highest BCUT2D eigenvalue weighted by atomic mass is 16.2. The smallest absolute Gasteiger partial charge is 0.322 e. The fourth-order valence-electron chi connectivity index (χ4n) is 2.39. The maximum atomic E-state index is 12.5. The van der Waals surface area contributed by atoms with Gasteiger partial charge in [0.1, 0.15) is 0 Å². The largest absolute Gasteiger partial charge is 0.323 e. The fourth-order valence-corrected chi connectivity index (χ4v) is 2.39. The molecule has 1 aromatic heterocycles. The lowest BCUT2D eigenvalue weighted by molar-refractivity contribution is 0.102. The third-order valence-corrected chi connectivity index (χ3v) is 3.44. The molecule has 0 saturated heterocycles. The molecule has 0 aliphatic heterocycles. The molecule has 1 amide bonds. The van der Waals surface area contributed by atoms with E-state index in [9.17, 15) is 9.59 Å². The van der Waals surface area contributed by atoms with Gasteiger partial charge in [0.05, 0.1) is 16.6 Å². The number of imidazole rings is 1. The van der Waals surface area contributed by atoms with Crippen molar-refractivity contribution in [2.75, 3.05) is 5.32 Å². The van der Waals surface area contributed by atoms with E-state index in [1.54, 1.807) is 18.2 Å². The van der Waals surface area contributed by atoms with Crippen LogP contribution in [0.1, 0.15) is 22.8 Å². The molecular formula is C16H15N3O2. The number of carbonyl (C=O) groups excluding carboxylic acids is 1. The Bertz CT molecular complexity index is 861. The van der Waals surface area contributed by atoms with E-state index in [1.807, 2.05) is 31.2 Å². The van der Waals surface area contributed by atoms with Gasteiger partial charge in [-0.15, -0.1) is 0 Å². The number of fused-ring (bicyclic) bond motifs is 1. The second kappa shape index (κ2) is 5.28. The zero-order valence-electron chi connectivity index (χ0n) is 11.6. The van der Waals surface area contributed by atoms with E-state index in [2.05, 4.69) is 15.3 Å². The normalized spacial score (nSPS) is 10.7. The van der Waals surface area contributed by atoms with Crippen molar-refractivity contribution < 1.29 is 4.79 Å². The topological polar surface area (TPSA) is 77.8 Å². The predicted molar refractivity (Wildman–Crippen MR) is 82.7 cm³/mol. The number of hydrogen-bond acceptors (Lipinski definition) is 2. The summed E-state index contributed by atoms with van der Waals surface area (Å²) in [5.74, 6) is -0.239. The van der Waals surface area contributed by atoms with Crippen molar-refractivity contribution >= 4 is 22.6 Å². The van der Waals surface area contributed by atoms with Gasteiger partial charge < -0.3 is 15.3 Å². The van der Waals surface area contributed by atoms with Crippen molar-refractivity contribution in [3.05, 3.63) is 64.1 Å². The molecule has 0 unspecified atom stereocenters. The Balaban J connectivity index is 1.99. The first-order valence-corrected chi connectivity index (χ1v) is 6.79. The van der Waals surface area contributed by atoms with E-state index in [-0.39, 0.29) is 11.6 Å². The Kier molecular flexibility index (Phi) is 3.31. The standard InChI is InChI=1S/C16H15N3O2/c1-2-10-6-3-4-8-12(10)17-15(20)11-7-5-9-13-14(11)19-16(21)18-13/h3-9H,2H2,1H3,(H,17,20)(H2,18,19,21). The summed E-state index contributed by atoms with van der Waals surface area (Å²) in [6.45, 7) is 2.04. The van der Waals surface area contributed by atoms with E-state index < -0.39 is 0 Å². The van der Waals surface area contributed by atoms with Gasteiger partial charge in [0.2, 0.25) is 0 Å². The summed E-state index contributed by atoms with van der Waals surface area (Å²) < 4.78 is 0. The second-order valence-corrected chi connectivity index (χ2v) is 4.77. The number of aromatic amines is 2. The maximum absolute atomic E-state index is 12.5. The number of rotatable bonds is 3. The average Bonchev–Trinajstić information content (AvgIpc) is 2.87. The number of hydrogen-bond donors (Lipinski definition) is 3. The third-order valence-electron chi connectivity index (χ3n) is 3.44. The van der Waals surface area contributed by atoms with Crippen LogP contribution in [-0.2, 0) is 6.42 Å². The monoisotopic (exact) mass is 281 g/mol. The molecule has 3 rings (SSSR count). The molecule has 0 bridgehead atoms. The second-order valence-electron chi connectivity index (χ2n) is 4.77. The number of nitrogens with one attached hydrogen (secondary N) is 3. The van der Waals surface area contributed by atoms with Crippen LogP contribution in [0, 0.1) is 0 Å². The number of H-pyrrole nitrogens is 2. The maximum Gasteiger partial charge on any atom is 0.323 e. The summed E-state index contributed by atoms with van der Waals surface area (Å²) in [5.41, 5.74) is 3.13. The molecular weight excluding hydrogens is 266 g/mol. The van der Waals surface area contributed by atoms with Gasteiger partial charge in [-0.05, 0) is 30.2 Å². The molecule has 1 heterocycles. The lowest BCUT2D eigenvalue weighted by atomic mass is 10.1. The van der Waals surface area contributed by atoms with Gasteiger partial charge in [-0.3, -0.25) is 4.79 Å². The Morgan fingerprint density at radius 1 is 1.10 bits per heavy atom. The van der Waals surface area contributed by atoms with Crippen LogP contribution < -0.4 is 11.0 Å². The molecule has 5 heteroatoms. The van der Waals surface area contributed by atoms with Crippen molar-refractivity contribution in [1.82, 2.24) is 9.97 Å². The Labute approximate surface area is 121 Å². The number of aryl methyl sites for hydroxylation is 1. The van der Waals surface area contributed by atoms with Crippen LogP contribution in [0.15, 0.2) is 47.3 Å². The molecule has 5 nitrogen and oxygen atoms in total. The fraction of sp³-hybridized carbons (Fsp3) is 0.125. The predicted octanol–water partition coefficient (Wildman–Crippen LogP) is 2.67. The summed E-state index contributed by atoms with van der Waals surface area (Å²) in [6.07, 6.45) is 0.835. The van der Waals surface area contributed by atoms with Gasteiger partial charge in [-0.1, -0.05) is 31.2 Å². The van der Waals surface area contributed by atoms with Crippen LogP contribution >= 0.6 is 0 Å². The van der Waals surface area contributed by atoms with E-state index in [0.717, 1.165) is 17.7 Å². The summed E-state index contributed by atoms with van der Waals surface area (Å²) in [5, 5.41) is 2.90. The summed E-state index contributed by atoms with van der Waals surface area (Å²) in [6, 6.07) is 12.9. The van der Waals surface area contributed by atoms with E-state index >= 15 is 0 Å². The minimum atomic E-state index is -0.320. The van der Waals surface area contributed by atoms with Gasteiger partial charge in [-0.2, -0.15) is 0 Å². The van der Waals surface area contributed by atoms with Gasteiger partial charge >= 0.3 is 5.69 Å². The van der Waals surface area contributed by atoms with Crippen LogP contribution in [0.2, 0.25) is 0 Å². The Hall–Kier alpha value is -2.82. The molecule has 106 valence electrons. The minimum absolute atomic E-state index is 0.239. The van der Waals surface area contributed by atoms with Gasteiger partial charge in [0, 0.05) is 5.69 Å². The highest BCUT2D eigenvalue weighted by molar-refractivity contribution is 6.11. The number of para-hydroxylation sites is 2. The van der Waals surface area contributed by atoms with E-state index in [4.69, 9.17) is 0 Å². The van der Waals surface area contributed by atoms with E-state index in [1.165, 1.54) is 0 Å². The van der Waals surface area contributed by atoms with Gasteiger partial charge in [0.15, 0.2) is 0 Å². The minimum Gasteiger partial charge on any atom is -0.322 e. The SMILES string of the molecule is CCc1ccccc1NC(=O)c1cccc2[nH]c(=O)[nH]c12. The summed E-state index contributed by atoms with van der Waals surface area (Å²) in [7, 11) is 0. The van der Waals surface area contributed by atoms with Crippen LogP contribution in [0.4, 0.5) is 5.69 Å². The average molecular weight is 281 g/mol. The molecule has 3 N–H and O–H groups in total. The van der Waals surface area contributed by atoms with Crippen molar-refractivity contribution in [1.29, 1.82) is 0 Å². The molecule has 0 radical (unpaired) electrons. The first-order valence-electron chi connectivity index (χ1n) is 6.79. The molecule has 2 aromatic carbocycles. The van der Waals surface area contributed by atoms with Gasteiger partial charge in [-0.25, -0.2) is 4.79 Å². The quantitative estimate of drug-likeness (QED) is 0.690. The molecule has 3 aromatic rings. The third kappa shape index (κ3) is 2.45. The number of benzene rings is 2. The molecule has 0 aliphatic carbocycles. The number of amides is 1. The zero-order valence-corrected chi connectivity index (χ0v) is 11.6. The number of anilines is 1. The van der Waals surface area contributed by atoms with Crippen LogP contribution in [0.25, 0.3) is 11.0 Å². The molecule has 0 saturated carbocycles. The molecule has 0 aliphatic rings. The molecule has 21 heavy (non-hydrogen) atoms.